The normalized spacial score (nSPS) is 25.9. The summed E-state index contributed by atoms with van der Waals surface area (Å²) in [4.78, 5) is 0. The van der Waals surface area contributed by atoms with E-state index in [0.717, 1.165) is 19.3 Å². The highest BCUT2D eigenvalue weighted by molar-refractivity contribution is 7.84. The molecule has 1 aliphatic carbocycles. The SMILES string of the molecule is CC1CCCC(S(=O)Cc2ccc(N)cc2F)C1. The summed E-state index contributed by atoms with van der Waals surface area (Å²) in [6.07, 6.45) is 4.38. The Morgan fingerprint density at radius 2 is 2.22 bits per heavy atom. The van der Waals surface area contributed by atoms with Gasteiger partial charge in [0, 0.05) is 27.3 Å². The largest absolute Gasteiger partial charge is 0.399 e. The Bertz CT molecular complexity index is 449. The van der Waals surface area contributed by atoms with Gasteiger partial charge < -0.3 is 5.73 Å². The first kappa shape index (κ1) is 13.5. The van der Waals surface area contributed by atoms with Crippen molar-refractivity contribution < 1.29 is 8.60 Å². The van der Waals surface area contributed by atoms with Crippen molar-refractivity contribution in [2.75, 3.05) is 5.73 Å². The molecule has 1 fully saturated rings. The molecule has 3 atom stereocenters. The van der Waals surface area contributed by atoms with E-state index in [1.807, 2.05) is 0 Å². The van der Waals surface area contributed by atoms with E-state index in [1.54, 1.807) is 12.1 Å². The second-order valence-electron chi connectivity index (χ2n) is 5.27. The minimum Gasteiger partial charge on any atom is -0.399 e. The number of anilines is 1. The van der Waals surface area contributed by atoms with E-state index in [0.29, 0.717) is 22.9 Å². The molecule has 3 unspecified atom stereocenters. The maximum atomic E-state index is 13.6. The van der Waals surface area contributed by atoms with Gasteiger partial charge in [-0.2, -0.15) is 0 Å². The molecule has 2 N–H and O–H groups in total. The summed E-state index contributed by atoms with van der Waals surface area (Å²) < 4.78 is 25.9. The summed E-state index contributed by atoms with van der Waals surface area (Å²) in [5.74, 6) is 0.611. The van der Waals surface area contributed by atoms with Crippen molar-refractivity contribution in [1.82, 2.24) is 0 Å². The molecule has 100 valence electrons. The lowest BCUT2D eigenvalue weighted by molar-refractivity contribution is 0.389. The summed E-state index contributed by atoms with van der Waals surface area (Å²) >= 11 is 0. The zero-order valence-electron chi connectivity index (χ0n) is 10.7. The van der Waals surface area contributed by atoms with Crippen molar-refractivity contribution in [2.45, 2.75) is 43.6 Å². The number of rotatable bonds is 3. The van der Waals surface area contributed by atoms with Crippen LogP contribution in [0.4, 0.5) is 10.1 Å². The molecule has 0 saturated heterocycles. The van der Waals surface area contributed by atoms with Crippen LogP contribution in [0.15, 0.2) is 18.2 Å². The van der Waals surface area contributed by atoms with Gasteiger partial charge in [-0.3, -0.25) is 4.21 Å². The second-order valence-corrected chi connectivity index (χ2v) is 6.99. The van der Waals surface area contributed by atoms with Gasteiger partial charge in [-0.05, 0) is 30.9 Å². The number of hydrogen-bond donors (Lipinski definition) is 1. The van der Waals surface area contributed by atoms with Crippen LogP contribution in [0.5, 0.6) is 0 Å². The van der Waals surface area contributed by atoms with Gasteiger partial charge in [0.25, 0.3) is 0 Å². The molecule has 0 radical (unpaired) electrons. The standard InChI is InChI=1S/C14H20FNOS/c1-10-3-2-4-13(7-10)18(17)9-11-5-6-12(16)8-14(11)15/h5-6,8,10,13H,2-4,7,9,16H2,1H3. The van der Waals surface area contributed by atoms with Crippen molar-refractivity contribution in [3.05, 3.63) is 29.6 Å². The van der Waals surface area contributed by atoms with Gasteiger partial charge in [0.15, 0.2) is 0 Å². The van der Waals surface area contributed by atoms with E-state index in [9.17, 15) is 8.60 Å². The lowest BCUT2D eigenvalue weighted by Crippen LogP contribution is -2.24. The van der Waals surface area contributed by atoms with Crippen LogP contribution >= 0.6 is 0 Å². The highest BCUT2D eigenvalue weighted by atomic mass is 32.2. The molecule has 1 aliphatic rings. The van der Waals surface area contributed by atoms with Gasteiger partial charge in [-0.15, -0.1) is 0 Å². The summed E-state index contributed by atoms with van der Waals surface area (Å²) in [7, 11) is -0.976. The van der Waals surface area contributed by atoms with E-state index in [2.05, 4.69) is 6.92 Å². The van der Waals surface area contributed by atoms with Crippen LogP contribution in [0.25, 0.3) is 0 Å². The molecular formula is C14H20FNOS. The van der Waals surface area contributed by atoms with Crippen LogP contribution in [0, 0.1) is 11.7 Å². The molecule has 2 rings (SSSR count). The number of benzene rings is 1. The molecule has 0 bridgehead atoms. The fraction of sp³-hybridized carbons (Fsp3) is 0.571. The molecule has 2 nitrogen and oxygen atoms in total. The van der Waals surface area contributed by atoms with Crippen LogP contribution in [0.1, 0.15) is 38.2 Å². The predicted molar refractivity (Wildman–Crippen MR) is 74.1 cm³/mol. The highest BCUT2D eigenvalue weighted by Gasteiger charge is 2.24. The first-order chi connectivity index (χ1) is 8.56. The van der Waals surface area contributed by atoms with Crippen molar-refractivity contribution in [3.8, 4) is 0 Å². The molecule has 18 heavy (non-hydrogen) atoms. The van der Waals surface area contributed by atoms with Gasteiger partial charge in [0.05, 0.1) is 5.75 Å². The molecule has 0 aromatic heterocycles. The molecule has 0 amide bonds. The fourth-order valence-electron chi connectivity index (χ4n) is 2.57. The molecular weight excluding hydrogens is 249 g/mol. The Labute approximate surface area is 110 Å². The van der Waals surface area contributed by atoms with Gasteiger partial charge in [0.1, 0.15) is 5.82 Å². The monoisotopic (exact) mass is 269 g/mol. The lowest BCUT2D eigenvalue weighted by atomic mass is 9.91. The number of hydrogen-bond acceptors (Lipinski definition) is 2. The summed E-state index contributed by atoms with van der Waals surface area (Å²) in [6.45, 7) is 2.20. The first-order valence-electron chi connectivity index (χ1n) is 6.47. The van der Waals surface area contributed by atoms with Gasteiger partial charge >= 0.3 is 0 Å². The first-order valence-corrected chi connectivity index (χ1v) is 7.85. The third-order valence-corrected chi connectivity index (χ3v) is 5.40. The van der Waals surface area contributed by atoms with Gasteiger partial charge in [-0.25, -0.2) is 4.39 Å². The Kier molecular flexibility index (Phi) is 4.38. The Morgan fingerprint density at radius 3 is 2.89 bits per heavy atom. The molecule has 0 aliphatic heterocycles. The van der Waals surface area contributed by atoms with Crippen molar-refractivity contribution in [2.24, 2.45) is 5.92 Å². The average molecular weight is 269 g/mol. The van der Waals surface area contributed by atoms with E-state index in [4.69, 9.17) is 5.73 Å². The molecule has 1 aromatic rings. The predicted octanol–water partition coefficient (Wildman–Crippen LogP) is 3.24. The topological polar surface area (TPSA) is 43.1 Å². The van der Waals surface area contributed by atoms with Gasteiger partial charge in [-0.1, -0.05) is 25.8 Å². The van der Waals surface area contributed by atoms with Crippen molar-refractivity contribution >= 4 is 16.5 Å². The highest BCUT2D eigenvalue weighted by Crippen LogP contribution is 2.28. The lowest BCUT2D eigenvalue weighted by Gasteiger charge is -2.26. The molecule has 0 spiro atoms. The van der Waals surface area contributed by atoms with E-state index in [1.165, 1.54) is 12.5 Å². The van der Waals surface area contributed by atoms with E-state index < -0.39 is 10.8 Å². The number of nitrogens with two attached hydrogens (primary N) is 1. The maximum Gasteiger partial charge on any atom is 0.129 e. The Morgan fingerprint density at radius 1 is 1.44 bits per heavy atom. The average Bonchev–Trinajstić information content (AvgIpc) is 2.32. The molecule has 1 saturated carbocycles. The molecule has 1 aromatic carbocycles. The van der Waals surface area contributed by atoms with Crippen molar-refractivity contribution in [1.29, 1.82) is 0 Å². The van der Waals surface area contributed by atoms with Crippen LogP contribution in [-0.4, -0.2) is 9.46 Å². The summed E-state index contributed by atoms with van der Waals surface area (Å²) in [6, 6.07) is 4.62. The zero-order valence-corrected chi connectivity index (χ0v) is 11.5. The minimum absolute atomic E-state index is 0.228. The maximum absolute atomic E-state index is 13.6. The quantitative estimate of drug-likeness (QED) is 0.856. The van der Waals surface area contributed by atoms with Gasteiger partial charge in [0.2, 0.25) is 0 Å². The van der Waals surface area contributed by atoms with E-state index in [-0.39, 0.29) is 11.1 Å². The smallest absolute Gasteiger partial charge is 0.129 e. The third kappa shape index (κ3) is 3.31. The van der Waals surface area contributed by atoms with Crippen LogP contribution < -0.4 is 5.73 Å². The van der Waals surface area contributed by atoms with Crippen LogP contribution in [-0.2, 0) is 16.6 Å². The summed E-state index contributed by atoms with van der Waals surface area (Å²) in [5.41, 5.74) is 6.43. The zero-order chi connectivity index (χ0) is 13.1. The van der Waals surface area contributed by atoms with Crippen LogP contribution in [0.3, 0.4) is 0 Å². The third-order valence-electron chi connectivity index (χ3n) is 3.63. The number of halogens is 1. The van der Waals surface area contributed by atoms with Crippen molar-refractivity contribution in [3.63, 3.8) is 0 Å². The van der Waals surface area contributed by atoms with Crippen LogP contribution in [0.2, 0.25) is 0 Å². The second kappa shape index (κ2) is 5.83. The fourth-order valence-corrected chi connectivity index (χ4v) is 4.32. The van der Waals surface area contributed by atoms with E-state index >= 15 is 0 Å². The Balaban J connectivity index is 2.02. The molecule has 4 heteroatoms. The summed E-state index contributed by atoms with van der Waals surface area (Å²) in [5, 5.41) is 0.228. The minimum atomic E-state index is -0.976. The number of nitrogen functional groups attached to an aromatic ring is 1. The Hall–Kier alpha value is -0.900. The molecule has 0 heterocycles.